The lowest BCUT2D eigenvalue weighted by Gasteiger charge is -1.85. The second-order valence-corrected chi connectivity index (χ2v) is 2.40. The summed E-state index contributed by atoms with van der Waals surface area (Å²) < 4.78 is 5.01. The Morgan fingerprint density at radius 2 is 2.62 bits per heavy atom. The SMILES string of the molecule is C[CH]Sc1ccco1. The average molecular weight is 127 g/mol. The lowest BCUT2D eigenvalue weighted by molar-refractivity contribution is 0.475. The lowest BCUT2D eigenvalue weighted by atomic mass is 10.7. The summed E-state index contributed by atoms with van der Waals surface area (Å²) in [6.07, 6.45) is 1.67. The van der Waals surface area contributed by atoms with Crippen LogP contribution in [0.25, 0.3) is 0 Å². The Balaban J connectivity index is 2.50. The summed E-state index contributed by atoms with van der Waals surface area (Å²) in [5.41, 5.74) is 0. The zero-order valence-corrected chi connectivity index (χ0v) is 5.44. The van der Waals surface area contributed by atoms with Gasteiger partial charge in [0.25, 0.3) is 0 Å². The molecule has 0 N–H and O–H groups in total. The molecule has 0 saturated heterocycles. The van der Waals surface area contributed by atoms with Gasteiger partial charge in [0.1, 0.15) is 0 Å². The molecule has 0 amide bonds. The molecule has 0 unspecified atom stereocenters. The number of hydrogen-bond donors (Lipinski definition) is 0. The van der Waals surface area contributed by atoms with Gasteiger partial charge in [-0.1, -0.05) is 18.7 Å². The molecule has 0 spiro atoms. The van der Waals surface area contributed by atoms with Gasteiger partial charge in [-0.2, -0.15) is 0 Å². The van der Waals surface area contributed by atoms with Gasteiger partial charge in [-0.05, 0) is 12.1 Å². The van der Waals surface area contributed by atoms with E-state index in [-0.39, 0.29) is 0 Å². The van der Waals surface area contributed by atoms with Gasteiger partial charge in [-0.3, -0.25) is 0 Å². The summed E-state index contributed by atoms with van der Waals surface area (Å²) in [4.78, 5) is 0. The van der Waals surface area contributed by atoms with Crippen molar-refractivity contribution in [1.29, 1.82) is 0 Å². The highest BCUT2D eigenvalue weighted by molar-refractivity contribution is 8.01. The van der Waals surface area contributed by atoms with Crippen molar-refractivity contribution in [2.75, 3.05) is 0 Å². The Hall–Kier alpha value is -0.370. The van der Waals surface area contributed by atoms with Crippen LogP contribution in [0.2, 0.25) is 0 Å². The summed E-state index contributed by atoms with van der Waals surface area (Å²) in [7, 11) is 0. The predicted octanol–water partition coefficient (Wildman–Crippen LogP) is 2.55. The topological polar surface area (TPSA) is 13.1 Å². The van der Waals surface area contributed by atoms with E-state index >= 15 is 0 Å². The fourth-order valence-electron chi connectivity index (χ4n) is 0.447. The van der Waals surface area contributed by atoms with E-state index < -0.39 is 0 Å². The van der Waals surface area contributed by atoms with Crippen molar-refractivity contribution in [2.45, 2.75) is 12.0 Å². The van der Waals surface area contributed by atoms with Crippen LogP contribution in [0.1, 0.15) is 6.92 Å². The van der Waals surface area contributed by atoms with E-state index in [4.69, 9.17) is 4.42 Å². The molecule has 1 radical (unpaired) electrons. The molecular formula is C6H7OS. The first-order valence-electron chi connectivity index (χ1n) is 2.41. The lowest BCUT2D eigenvalue weighted by Crippen LogP contribution is -1.55. The molecule has 1 rings (SSSR count). The Morgan fingerprint density at radius 3 is 3.12 bits per heavy atom. The third kappa shape index (κ3) is 1.30. The maximum atomic E-state index is 5.01. The fraction of sp³-hybridized carbons (Fsp3) is 0.167. The first-order chi connectivity index (χ1) is 3.93. The largest absolute Gasteiger partial charge is 0.458 e. The zero-order valence-electron chi connectivity index (χ0n) is 4.63. The molecular weight excluding hydrogens is 120 g/mol. The second-order valence-electron chi connectivity index (χ2n) is 1.29. The van der Waals surface area contributed by atoms with Crippen LogP contribution >= 0.6 is 11.8 Å². The molecule has 0 fully saturated rings. The molecule has 0 aromatic carbocycles. The number of rotatable bonds is 2. The summed E-state index contributed by atoms with van der Waals surface area (Å²) in [5, 5.41) is 0.951. The molecule has 2 heteroatoms. The summed E-state index contributed by atoms with van der Waals surface area (Å²) >= 11 is 1.59. The normalized spacial score (nSPS) is 9.62. The Kier molecular flexibility index (Phi) is 2.03. The van der Waals surface area contributed by atoms with Gasteiger partial charge < -0.3 is 4.42 Å². The van der Waals surface area contributed by atoms with Crippen LogP contribution in [0.15, 0.2) is 27.9 Å². The van der Waals surface area contributed by atoms with Crippen molar-refractivity contribution < 1.29 is 4.42 Å². The molecule has 0 aliphatic rings. The molecule has 1 nitrogen and oxygen atoms in total. The van der Waals surface area contributed by atoms with E-state index in [0.29, 0.717) is 0 Å². The smallest absolute Gasteiger partial charge is 0.160 e. The molecule has 8 heavy (non-hydrogen) atoms. The second kappa shape index (κ2) is 2.82. The molecule has 1 aromatic heterocycles. The van der Waals surface area contributed by atoms with Crippen LogP contribution in [0.4, 0.5) is 0 Å². The van der Waals surface area contributed by atoms with E-state index in [9.17, 15) is 0 Å². The molecule has 0 aliphatic carbocycles. The van der Waals surface area contributed by atoms with E-state index in [1.165, 1.54) is 0 Å². The van der Waals surface area contributed by atoms with Crippen LogP contribution < -0.4 is 0 Å². The van der Waals surface area contributed by atoms with Crippen molar-refractivity contribution >= 4 is 11.8 Å². The van der Waals surface area contributed by atoms with Crippen LogP contribution in [0.3, 0.4) is 0 Å². The first-order valence-corrected chi connectivity index (χ1v) is 3.29. The number of thioether (sulfide) groups is 1. The highest BCUT2D eigenvalue weighted by atomic mass is 32.2. The predicted molar refractivity (Wildman–Crippen MR) is 34.5 cm³/mol. The summed E-state index contributed by atoms with van der Waals surface area (Å²) in [6, 6.07) is 3.82. The van der Waals surface area contributed by atoms with Crippen LogP contribution in [0.5, 0.6) is 0 Å². The molecule has 0 saturated carbocycles. The van der Waals surface area contributed by atoms with Gasteiger partial charge >= 0.3 is 0 Å². The maximum Gasteiger partial charge on any atom is 0.160 e. The van der Waals surface area contributed by atoms with E-state index in [2.05, 4.69) is 0 Å². The minimum atomic E-state index is 0.951. The van der Waals surface area contributed by atoms with Crippen LogP contribution in [-0.4, -0.2) is 0 Å². The molecule has 0 aliphatic heterocycles. The standard InChI is InChI=1S/C6H7OS/c1-2-8-6-4-3-5-7-6/h2-5H,1H3. The number of hydrogen-bond acceptors (Lipinski definition) is 2. The minimum absolute atomic E-state index is 0.951. The maximum absolute atomic E-state index is 5.01. The monoisotopic (exact) mass is 127 g/mol. The highest BCUT2D eigenvalue weighted by Crippen LogP contribution is 2.19. The molecule has 43 valence electrons. The van der Waals surface area contributed by atoms with E-state index in [0.717, 1.165) is 5.09 Å². The van der Waals surface area contributed by atoms with Gasteiger partial charge in [-0.15, -0.1) is 0 Å². The van der Waals surface area contributed by atoms with Crippen molar-refractivity contribution in [1.82, 2.24) is 0 Å². The van der Waals surface area contributed by atoms with Gasteiger partial charge in [-0.25, -0.2) is 0 Å². The third-order valence-corrected chi connectivity index (χ3v) is 1.43. The minimum Gasteiger partial charge on any atom is -0.458 e. The molecule has 0 bridgehead atoms. The summed E-state index contributed by atoms with van der Waals surface area (Å²) in [5.74, 6) is 1.98. The quantitative estimate of drug-likeness (QED) is 0.566. The summed E-state index contributed by atoms with van der Waals surface area (Å²) in [6.45, 7) is 1.98. The molecule has 0 atom stereocenters. The van der Waals surface area contributed by atoms with Crippen LogP contribution in [-0.2, 0) is 0 Å². The van der Waals surface area contributed by atoms with Gasteiger partial charge in [0.2, 0.25) is 0 Å². The van der Waals surface area contributed by atoms with E-state index in [1.807, 2.05) is 24.8 Å². The van der Waals surface area contributed by atoms with Crippen molar-refractivity contribution in [3.8, 4) is 0 Å². The molecule has 1 heterocycles. The Bertz CT molecular complexity index is 134. The number of furan rings is 1. The van der Waals surface area contributed by atoms with Gasteiger partial charge in [0.15, 0.2) is 5.09 Å². The van der Waals surface area contributed by atoms with Crippen molar-refractivity contribution in [2.24, 2.45) is 0 Å². The molecule has 1 aromatic rings. The zero-order chi connectivity index (χ0) is 5.82. The first kappa shape index (κ1) is 5.76. The highest BCUT2D eigenvalue weighted by Gasteiger charge is 1.89. The van der Waals surface area contributed by atoms with Gasteiger partial charge in [0.05, 0.1) is 6.26 Å². The van der Waals surface area contributed by atoms with Gasteiger partial charge in [0, 0.05) is 5.75 Å². The van der Waals surface area contributed by atoms with E-state index in [1.54, 1.807) is 18.0 Å². The third-order valence-electron chi connectivity index (χ3n) is 0.729. The fourth-order valence-corrected chi connectivity index (χ4v) is 0.947. The average Bonchev–Trinajstić information content (AvgIpc) is 2.19. The van der Waals surface area contributed by atoms with Crippen LogP contribution in [0, 0.1) is 5.75 Å². The van der Waals surface area contributed by atoms with Crippen molar-refractivity contribution in [3.05, 3.63) is 24.1 Å². The Labute approximate surface area is 53.1 Å². The Morgan fingerprint density at radius 1 is 1.75 bits per heavy atom. The van der Waals surface area contributed by atoms with Crippen molar-refractivity contribution in [3.63, 3.8) is 0 Å².